The Morgan fingerprint density at radius 1 is 1.07 bits per heavy atom. The largest absolute Gasteiger partial charge is 0.501 e. The Morgan fingerprint density at radius 3 is 2.21 bits per heavy atom. The Labute approximate surface area is 170 Å². The van der Waals surface area contributed by atoms with Gasteiger partial charge in [0.05, 0.1) is 13.2 Å². The van der Waals surface area contributed by atoms with Crippen LogP contribution < -0.4 is 0 Å². The third-order valence-corrected chi connectivity index (χ3v) is 6.80. The quantitative estimate of drug-likeness (QED) is 0.164. The molecule has 162 valence electrons. The Kier molecular flexibility index (Phi) is 14.6. The van der Waals surface area contributed by atoms with Crippen molar-refractivity contribution >= 4 is 20.7 Å². The van der Waals surface area contributed by atoms with Crippen LogP contribution in [0.15, 0.2) is 24.3 Å². The molecule has 0 heterocycles. The van der Waals surface area contributed by atoms with E-state index < -0.39 is 8.80 Å². The van der Waals surface area contributed by atoms with Gasteiger partial charge in [0.1, 0.15) is 0 Å². The first-order valence-electron chi connectivity index (χ1n) is 9.88. The van der Waals surface area contributed by atoms with Crippen LogP contribution in [-0.4, -0.2) is 53.3 Å². The van der Waals surface area contributed by atoms with Crippen molar-refractivity contribution in [3.63, 3.8) is 0 Å². The topological polar surface area (TPSA) is 80.3 Å². The summed E-state index contributed by atoms with van der Waals surface area (Å²) in [5, 5.41) is 0. The highest BCUT2D eigenvalue weighted by atomic mass is 28.4. The van der Waals surface area contributed by atoms with Gasteiger partial charge in [-0.3, -0.25) is 0 Å². The maximum atomic E-state index is 11.4. The highest BCUT2D eigenvalue weighted by Gasteiger charge is 2.41. The smallest absolute Gasteiger partial charge is 0.463 e. The lowest BCUT2D eigenvalue weighted by molar-refractivity contribution is -0.139. The van der Waals surface area contributed by atoms with Gasteiger partial charge in [0.15, 0.2) is 0 Å². The van der Waals surface area contributed by atoms with E-state index in [0.717, 1.165) is 0 Å². The van der Waals surface area contributed by atoms with Crippen LogP contribution in [0.25, 0.3) is 0 Å². The molecule has 0 spiro atoms. The summed E-state index contributed by atoms with van der Waals surface area (Å²) in [6.07, 6.45) is 4.88. The summed E-state index contributed by atoms with van der Waals surface area (Å²) >= 11 is 0. The zero-order valence-corrected chi connectivity index (χ0v) is 19.0. The van der Waals surface area contributed by atoms with Crippen molar-refractivity contribution in [2.75, 3.05) is 26.4 Å². The molecule has 0 N–H and O–H groups in total. The van der Waals surface area contributed by atoms with Crippen molar-refractivity contribution in [2.45, 2.75) is 66.0 Å². The van der Waals surface area contributed by atoms with Crippen LogP contribution in [0, 0.1) is 0 Å². The lowest BCUT2D eigenvalue weighted by Gasteiger charge is -2.31. The van der Waals surface area contributed by atoms with Crippen LogP contribution in [-0.2, 0) is 32.3 Å². The predicted octanol–water partition coefficient (Wildman–Crippen LogP) is 3.81. The van der Waals surface area contributed by atoms with Gasteiger partial charge in [0, 0.05) is 37.0 Å². The molecular formula is C20H36O7Si. The van der Waals surface area contributed by atoms with Crippen LogP contribution >= 0.6 is 0 Å². The SMILES string of the molecule is C=C(C)C(=O)OCCCC(C)O[Si](CCCOC(=O)C=CC)(OCC)OCC. The zero-order valence-electron chi connectivity index (χ0n) is 18.0. The molecule has 0 bridgehead atoms. The normalized spacial score (nSPS) is 12.8. The molecule has 0 rings (SSSR count). The Bertz CT molecular complexity index is 499. The summed E-state index contributed by atoms with van der Waals surface area (Å²) < 4.78 is 28.3. The zero-order chi connectivity index (χ0) is 21.4. The second-order valence-corrected chi connectivity index (χ2v) is 8.99. The van der Waals surface area contributed by atoms with Gasteiger partial charge in [0.25, 0.3) is 0 Å². The molecule has 0 aromatic rings. The van der Waals surface area contributed by atoms with Crippen LogP contribution in [0.1, 0.15) is 53.9 Å². The first-order valence-corrected chi connectivity index (χ1v) is 11.8. The minimum absolute atomic E-state index is 0.112. The Morgan fingerprint density at radius 2 is 1.68 bits per heavy atom. The van der Waals surface area contributed by atoms with Crippen molar-refractivity contribution in [3.05, 3.63) is 24.3 Å². The molecular weight excluding hydrogens is 380 g/mol. The summed E-state index contributed by atoms with van der Waals surface area (Å²) in [6, 6.07) is 0.562. The average molecular weight is 417 g/mol. The van der Waals surface area contributed by atoms with Crippen molar-refractivity contribution in [1.82, 2.24) is 0 Å². The summed E-state index contributed by atoms with van der Waals surface area (Å²) in [7, 11) is -2.88. The molecule has 0 fully saturated rings. The van der Waals surface area contributed by atoms with Crippen LogP contribution in [0.4, 0.5) is 0 Å². The molecule has 28 heavy (non-hydrogen) atoms. The van der Waals surface area contributed by atoms with Crippen molar-refractivity contribution in [2.24, 2.45) is 0 Å². The average Bonchev–Trinajstić information content (AvgIpc) is 2.63. The molecule has 0 aromatic carbocycles. The monoisotopic (exact) mass is 416 g/mol. The van der Waals surface area contributed by atoms with Gasteiger partial charge in [-0.2, -0.15) is 0 Å². The Hall–Kier alpha value is -1.48. The summed E-state index contributed by atoms with van der Waals surface area (Å²) in [6.45, 7) is 14.2. The molecule has 0 aromatic heterocycles. The third kappa shape index (κ3) is 12.1. The fraction of sp³-hybridized carbons (Fsp3) is 0.700. The fourth-order valence-electron chi connectivity index (χ4n) is 2.42. The number of carbonyl (C=O) groups excluding carboxylic acids is 2. The van der Waals surface area contributed by atoms with Crippen molar-refractivity contribution < 1.29 is 32.3 Å². The van der Waals surface area contributed by atoms with E-state index in [1.54, 1.807) is 19.9 Å². The molecule has 1 atom stereocenters. The molecule has 0 aliphatic rings. The van der Waals surface area contributed by atoms with Crippen LogP contribution in [0.5, 0.6) is 0 Å². The van der Waals surface area contributed by atoms with Gasteiger partial charge in [-0.15, -0.1) is 0 Å². The molecule has 8 heteroatoms. The number of hydrogen-bond donors (Lipinski definition) is 0. The summed E-state index contributed by atoms with van der Waals surface area (Å²) in [5.74, 6) is -0.741. The molecule has 0 aliphatic carbocycles. The number of rotatable bonds is 16. The van der Waals surface area contributed by atoms with E-state index in [1.807, 2.05) is 20.8 Å². The minimum atomic E-state index is -2.88. The van der Waals surface area contributed by atoms with Crippen molar-refractivity contribution in [3.8, 4) is 0 Å². The minimum Gasteiger partial charge on any atom is -0.463 e. The van der Waals surface area contributed by atoms with E-state index in [1.165, 1.54) is 6.08 Å². The maximum absolute atomic E-state index is 11.4. The third-order valence-electron chi connectivity index (χ3n) is 3.62. The Balaban J connectivity index is 4.56. The van der Waals surface area contributed by atoms with E-state index in [0.29, 0.717) is 50.7 Å². The molecule has 0 saturated carbocycles. The molecule has 0 amide bonds. The van der Waals surface area contributed by atoms with E-state index in [2.05, 4.69) is 6.58 Å². The lowest BCUT2D eigenvalue weighted by atomic mass is 10.2. The van der Waals surface area contributed by atoms with E-state index in [9.17, 15) is 9.59 Å². The number of allylic oxidation sites excluding steroid dienone is 1. The number of hydrogen-bond acceptors (Lipinski definition) is 7. The van der Waals surface area contributed by atoms with Crippen LogP contribution in [0.2, 0.25) is 6.04 Å². The number of ether oxygens (including phenoxy) is 2. The van der Waals surface area contributed by atoms with Crippen molar-refractivity contribution in [1.29, 1.82) is 0 Å². The number of carbonyl (C=O) groups is 2. The maximum Gasteiger partial charge on any atom is 0.501 e. The van der Waals surface area contributed by atoms with Gasteiger partial charge in [-0.25, -0.2) is 9.59 Å². The van der Waals surface area contributed by atoms with Gasteiger partial charge in [-0.05, 0) is 53.9 Å². The van der Waals surface area contributed by atoms with E-state index in [-0.39, 0.29) is 24.6 Å². The molecule has 1 unspecified atom stereocenters. The highest BCUT2D eigenvalue weighted by Crippen LogP contribution is 2.22. The molecule has 0 radical (unpaired) electrons. The first-order chi connectivity index (χ1) is 13.3. The van der Waals surface area contributed by atoms with Gasteiger partial charge < -0.3 is 22.8 Å². The highest BCUT2D eigenvalue weighted by molar-refractivity contribution is 6.60. The molecule has 0 saturated heterocycles. The molecule has 7 nitrogen and oxygen atoms in total. The fourth-order valence-corrected chi connectivity index (χ4v) is 5.24. The van der Waals surface area contributed by atoms with Gasteiger partial charge in [0.2, 0.25) is 0 Å². The van der Waals surface area contributed by atoms with Gasteiger partial charge in [-0.1, -0.05) is 12.7 Å². The van der Waals surface area contributed by atoms with E-state index >= 15 is 0 Å². The summed E-state index contributed by atoms with van der Waals surface area (Å²) in [5.41, 5.74) is 0.388. The van der Waals surface area contributed by atoms with Gasteiger partial charge >= 0.3 is 20.7 Å². The first kappa shape index (κ1) is 26.5. The number of esters is 2. The second-order valence-electron chi connectivity index (χ2n) is 6.31. The molecule has 0 aliphatic heterocycles. The second kappa shape index (κ2) is 15.4. The summed E-state index contributed by atoms with van der Waals surface area (Å²) in [4.78, 5) is 22.8. The predicted molar refractivity (Wildman–Crippen MR) is 110 cm³/mol. The van der Waals surface area contributed by atoms with Crippen LogP contribution in [0.3, 0.4) is 0 Å². The standard InChI is InChI=1S/C20H36O7Si/c1-7-12-19(21)23-15-11-16-28(25-8-2,26-9-3)27-18(6)13-10-14-24-20(22)17(4)5/h7,12,18H,4,8-11,13-16H2,1-3,5-6H3. The van der Waals surface area contributed by atoms with E-state index in [4.69, 9.17) is 22.8 Å². The lowest BCUT2D eigenvalue weighted by Crippen LogP contribution is -2.48.